The molecule has 8 nitrogen and oxygen atoms in total. The summed E-state index contributed by atoms with van der Waals surface area (Å²) in [6.07, 6.45) is 5.49. The molecule has 0 bridgehead atoms. The van der Waals surface area contributed by atoms with E-state index in [0.717, 1.165) is 25.7 Å². The standard InChI is InChI=1S/C22H38O8/c1-5-9-13-27-19(23)17(20(24)28-14-10-6-2)18(21(25)29-15-11-7-3)22(26)30-16-12-8-4/h17-18H,5-16H2,1-4H3. The summed E-state index contributed by atoms with van der Waals surface area (Å²) in [5.41, 5.74) is 0. The van der Waals surface area contributed by atoms with Crippen LogP contribution in [0.2, 0.25) is 0 Å². The summed E-state index contributed by atoms with van der Waals surface area (Å²) >= 11 is 0. The molecule has 0 fully saturated rings. The van der Waals surface area contributed by atoms with E-state index >= 15 is 0 Å². The number of ether oxygens (including phenoxy) is 4. The predicted octanol–water partition coefficient (Wildman–Crippen LogP) is 3.59. The van der Waals surface area contributed by atoms with Gasteiger partial charge in [-0.05, 0) is 25.7 Å². The van der Waals surface area contributed by atoms with E-state index in [1.165, 1.54) is 0 Å². The van der Waals surface area contributed by atoms with Gasteiger partial charge in [0.25, 0.3) is 0 Å². The molecule has 0 N–H and O–H groups in total. The van der Waals surface area contributed by atoms with Crippen LogP contribution in [0, 0.1) is 11.8 Å². The van der Waals surface area contributed by atoms with Crippen LogP contribution in [-0.4, -0.2) is 50.3 Å². The van der Waals surface area contributed by atoms with E-state index in [1.807, 2.05) is 27.7 Å². The summed E-state index contributed by atoms with van der Waals surface area (Å²) in [5, 5.41) is 0. The zero-order chi connectivity index (χ0) is 22.8. The molecule has 0 aromatic rings. The number of unbranched alkanes of at least 4 members (excludes halogenated alkanes) is 4. The number of hydrogen-bond donors (Lipinski definition) is 0. The Morgan fingerprint density at radius 2 is 0.667 bits per heavy atom. The van der Waals surface area contributed by atoms with Gasteiger partial charge in [-0.3, -0.25) is 19.2 Å². The quantitative estimate of drug-likeness (QED) is 0.149. The van der Waals surface area contributed by atoms with Crippen molar-refractivity contribution >= 4 is 23.9 Å². The topological polar surface area (TPSA) is 105 Å². The van der Waals surface area contributed by atoms with Gasteiger partial charge in [-0.1, -0.05) is 53.4 Å². The SMILES string of the molecule is CCCCOC(=O)C(C(=O)OCCCC)C(C(=O)OCCCC)C(=O)OCCCC. The highest BCUT2D eigenvalue weighted by Gasteiger charge is 2.48. The van der Waals surface area contributed by atoms with Crippen LogP contribution in [0.15, 0.2) is 0 Å². The summed E-state index contributed by atoms with van der Waals surface area (Å²) in [4.78, 5) is 50.7. The molecule has 0 aromatic heterocycles. The van der Waals surface area contributed by atoms with Gasteiger partial charge in [0.05, 0.1) is 26.4 Å². The van der Waals surface area contributed by atoms with Crippen molar-refractivity contribution in [1.29, 1.82) is 0 Å². The first kappa shape index (κ1) is 27.9. The highest BCUT2D eigenvalue weighted by molar-refractivity contribution is 6.07. The Labute approximate surface area is 180 Å². The van der Waals surface area contributed by atoms with Crippen LogP contribution in [0.3, 0.4) is 0 Å². The van der Waals surface area contributed by atoms with Crippen molar-refractivity contribution in [3.63, 3.8) is 0 Å². The lowest BCUT2D eigenvalue weighted by atomic mass is 9.92. The molecule has 0 radical (unpaired) electrons. The predicted molar refractivity (Wildman–Crippen MR) is 110 cm³/mol. The van der Waals surface area contributed by atoms with Crippen molar-refractivity contribution in [3.8, 4) is 0 Å². The zero-order valence-electron chi connectivity index (χ0n) is 18.9. The lowest BCUT2D eigenvalue weighted by molar-refractivity contribution is -0.180. The van der Waals surface area contributed by atoms with Crippen molar-refractivity contribution in [2.75, 3.05) is 26.4 Å². The van der Waals surface area contributed by atoms with Crippen LogP contribution < -0.4 is 0 Å². The van der Waals surface area contributed by atoms with E-state index < -0.39 is 35.7 Å². The molecular formula is C22H38O8. The van der Waals surface area contributed by atoms with Crippen LogP contribution in [0.4, 0.5) is 0 Å². The smallest absolute Gasteiger partial charge is 0.321 e. The highest BCUT2D eigenvalue weighted by Crippen LogP contribution is 2.21. The molecule has 174 valence electrons. The Hall–Kier alpha value is -2.12. The van der Waals surface area contributed by atoms with Gasteiger partial charge in [0.2, 0.25) is 0 Å². The minimum atomic E-state index is -1.75. The second-order valence-corrected chi connectivity index (χ2v) is 7.04. The first-order valence-corrected chi connectivity index (χ1v) is 11.1. The average molecular weight is 431 g/mol. The van der Waals surface area contributed by atoms with Gasteiger partial charge in [0.15, 0.2) is 11.8 Å². The maximum absolute atomic E-state index is 12.7. The molecule has 0 saturated heterocycles. The van der Waals surface area contributed by atoms with Gasteiger partial charge in [-0.2, -0.15) is 0 Å². The molecule has 0 aliphatic carbocycles. The third-order valence-electron chi connectivity index (χ3n) is 4.32. The molecular weight excluding hydrogens is 392 g/mol. The second-order valence-electron chi connectivity index (χ2n) is 7.04. The molecule has 0 spiro atoms. The first-order valence-electron chi connectivity index (χ1n) is 11.1. The monoisotopic (exact) mass is 430 g/mol. The second kappa shape index (κ2) is 17.7. The summed E-state index contributed by atoms with van der Waals surface area (Å²) < 4.78 is 20.6. The largest absolute Gasteiger partial charge is 0.465 e. The Morgan fingerprint density at radius 3 is 0.833 bits per heavy atom. The normalized spacial score (nSPS) is 10.7. The number of carbonyl (C=O) groups is 4. The Bertz CT molecular complexity index is 427. The third-order valence-corrected chi connectivity index (χ3v) is 4.32. The van der Waals surface area contributed by atoms with E-state index in [2.05, 4.69) is 0 Å². The van der Waals surface area contributed by atoms with Crippen molar-refractivity contribution in [2.24, 2.45) is 11.8 Å². The van der Waals surface area contributed by atoms with Crippen LogP contribution in [0.5, 0.6) is 0 Å². The maximum Gasteiger partial charge on any atom is 0.321 e. The van der Waals surface area contributed by atoms with E-state index in [0.29, 0.717) is 25.7 Å². The molecule has 0 heterocycles. The number of hydrogen-bond acceptors (Lipinski definition) is 8. The Kier molecular flexibility index (Phi) is 16.5. The Morgan fingerprint density at radius 1 is 0.467 bits per heavy atom. The van der Waals surface area contributed by atoms with Gasteiger partial charge in [-0.15, -0.1) is 0 Å². The zero-order valence-corrected chi connectivity index (χ0v) is 18.9. The van der Waals surface area contributed by atoms with Gasteiger partial charge < -0.3 is 18.9 Å². The number of rotatable bonds is 17. The van der Waals surface area contributed by atoms with Crippen LogP contribution in [0.1, 0.15) is 79.1 Å². The van der Waals surface area contributed by atoms with Crippen molar-refractivity contribution in [1.82, 2.24) is 0 Å². The number of esters is 4. The summed E-state index contributed by atoms with van der Waals surface area (Å²) in [6, 6.07) is 0. The highest BCUT2D eigenvalue weighted by atomic mass is 16.6. The summed E-state index contributed by atoms with van der Waals surface area (Å²) in [7, 11) is 0. The molecule has 0 amide bonds. The minimum Gasteiger partial charge on any atom is -0.465 e. The molecule has 0 saturated carbocycles. The van der Waals surface area contributed by atoms with E-state index in [-0.39, 0.29) is 26.4 Å². The fourth-order valence-corrected chi connectivity index (χ4v) is 2.36. The molecule has 0 aliphatic heterocycles. The van der Waals surface area contributed by atoms with Crippen LogP contribution >= 0.6 is 0 Å². The van der Waals surface area contributed by atoms with Crippen LogP contribution in [-0.2, 0) is 38.1 Å². The molecule has 8 heteroatoms. The molecule has 30 heavy (non-hydrogen) atoms. The van der Waals surface area contributed by atoms with Crippen LogP contribution in [0.25, 0.3) is 0 Å². The van der Waals surface area contributed by atoms with Crippen molar-refractivity contribution < 1.29 is 38.1 Å². The van der Waals surface area contributed by atoms with Gasteiger partial charge >= 0.3 is 23.9 Å². The van der Waals surface area contributed by atoms with E-state index in [1.54, 1.807) is 0 Å². The fraction of sp³-hybridized carbons (Fsp3) is 0.818. The van der Waals surface area contributed by atoms with Crippen molar-refractivity contribution in [3.05, 3.63) is 0 Å². The molecule has 0 aliphatic rings. The molecule has 0 atom stereocenters. The summed E-state index contributed by atoms with van der Waals surface area (Å²) in [6.45, 7) is 8.00. The van der Waals surface area contributed by atoms with Gasteiger partial charge in [-0.25, -0.2) is 0 Å². The fourth-order valence-electron chi connectivity index (χ4n) is 2.36. The third kappa shape index (κ3) is 11.2. The Balaban J connectivity index is 5.62. The molecule has 0 unspecified atom stereocenters. The first-order chi connectivity index (χ1) is 14.4. The lowest BCUT2D eigenvalue weighted by Gasteiger charge is -2.22. The molecule has 0 rings (SSSR count). The maximum atomic E-state index is 12.7. The minimum absolute atomic E-state index is 0.0799. The lowest BCUT2D eigenvalue weighted by Crippen LogP contribution is -2.44. The van der Waals surface area contributed by atoms with Gasteiger partial charge in [0.1, 0.15) is 0 Å². The van der Waals surface area contributed by atoms with Gasteiger partial charge in [0, 0.05) is 0 Å². The average Bonchev–Trinajstić information content (AvgIpc) is 2.72. The number of carbonyl (C=O) groups excluding carboxylic acids is 4. The summed E-state index contributed by atoms with van der Waals surface area (Å²) in [5.74, 6) is -7.40. The molecule has 0 aromatic carbocycles. The van der Waals surface area contributed by atoms with E-state index in [9.17, 15) is 19.2 Å². The van der Waals surface area contributed by atoms with E-state index in [4.69, 9.17) is 18.9 Å². The van der Waals surface area contributed by atoms with Crippen molar-refractivity contribution in [2.45, 2.75) is 79.1 Å².